The fourth-order valence-electron chi connectivity index (χ4n) is 3.61. The van der Waals surface area contributed by atoms with E-state index in [9.17, 15) is 9.59 Å². The number of amides is 2. The molecule has 0 aliphatic carbocycles. The van der Waals surface area contributed by atoms with Crippen LogP contribution in [0.2, 0.25) is 0 Å². The van der Waals surface area contributed by atoms with Gasteiger partial charge in [0.2, 0.25) is 5.91 Å². The van der Waals surface area contributed by atoms with E-state index in [1.165, 1.54) is 0 Å². The number of ether oxygens (including phenoxy) is 1. The van der Waals surface area contributed by atoms with Crippen LogP contribution in [0.25, 0.3) is 10.8 Å². The third-order valence-corrected chi connectivity index (χ3v) is 6.04. The molecule has 2 amide bonds. The molecule has 0 aromatic heterocycles. The van der Waals surface area contributed by atoms with Gasteiger partial charge >= 0.3 is 6.09 Å². The van der Waals surface area contributed by atoms with Crippen molar-refractivity contribution < 1.29 is 14.3 Å². The van der Waals surface area contributed by atoms with Gasteiger partial charge in [0.05, 0.1) is 11.9 Å². The summed E-state index contributed by atoms with van der Waals surface area (Å²) < 4.78 is 5.49. The van der Waals surface area contributed by atoms with E-state index >= 15 is 0 Å². The number of hydrogen-bond acceptors (Lipinski definition) is 5. The first-order chi connectivity index (χ1) is 13.2. The summed E-state index contributed by atoms with van der Waals surface area (Å²) in [4.78, 5) is 26.6. The molecule has 2 heterocycles. The van der Waals surface area contributed by atoms with Crippen molar-refractivity contribution in [2.24, 2.45) is 5.92 Å². The maximum absolute atomic E-state index is 12.4. The van der Waals surface area contributed by atoms with E-state index < -0.39 is 6.09 Å². The van der Waals surface area contributed by atoms with Crippen molar-refractivity contribution >= 4 is 34.5 Å². The Labute approximate surface area is 162 Å². The average Bonchev–Trinajstić information content (AvgIpc) is 3.38. The third-order valence-electron chi connectivity index (χ3n) is 5.07. The van der Waals surface area contributed by atoms with Crippen LogP contribution in [0.1, 0.15) is 6.42 Å². The molecule has 2 atom stereocenters. The SMILES string of the molecule is O=C(NC[C@@H]1CN[C@H](C(=O)N2CCSC2)C1)Oc1cccc2ccccc12. The maximum atomic E-state index is 12.4. The number of carbonyl (C=O) groups excluding carboxylic acids is 2. The molecule has 27 heavy (non-hydrogen) atoms. The fraction of sp³-hybridized carbons (Fsp3) is 0.400. The number of fused-ring (bicyclic) bond motifs is 1. The summed E-state index contributed by atoms with van der Waals surface area (Å²) >= 11 is 1.79. The second kappa shape index (κ2) is 8.19. The van der Waals surface area contributed by atoms with Crippen molar-refractivity contribution in [3.63, 3.8) is 0 Å². The predicted molar refractivity (Wildman–Crippen MR) is 107 cm³/mol. The van der Waals surface area contributed by atoms with Gasteiger partial charge in [0.25, 0.3) is 0 Å². The number of thioether (sulfide) groups is 1. The molecule has 6 nitrogen and oxygen atoms in total. The fourth-order valence-corrected chi connectivity index (χ4v) is 4.56. The van der Waals surface area contributed by atoms with Crippen LogP contribution in [0.3, 0.4) is 0 Å². The number of nitrogens with one attached hydrogen (secondary N) is 2. The molecule has 4 rings (SSSR count). The van der Waals surface area contributed by atoms with Crippen molar-refractivity contribution in [2.45, 2.75) is 12.5 Å². The molecular weight excluding hydrogens is 362 g/mol. The molecule has 0 spiro atoms. The Morgan fingerprint density at radius 1 is 1.22 bits per heavy atom. The minimum Gasteiger partial charge on any atom is -0.410 e. The zero-order valence-electron chi connectivity index (χ0n) is 15.0. The maximum Gasteiger partial charge on any atom is 0.412 e. The molecule has 142 valence electrons. The standard InChI is InChI=1S/C20H23N3O3S/c24-19(23-8-9-27-13-23)17-10-14(11-21-17)12-22-20(25)26-18-7-3-5-15-4-1-2-6-16(15)18/h1-7,14,17,21H,8-13H2,(H,22,25)/t14-,17-/m0/s1. The summed E-state index contributed by atoms with van der Waals surface area (Å²) in [5.41, 5.74) is 0. The van der Waals surface area contributed by atoms with Crippen LogP contribution >= 0.6 is 11.8 Å². The Balaban J connectivity index is 1.28. The van der Waals surface area contributed by atoms with E-state index in [0.29, 0.717) is 12.3 Å². The van der Waals surface area contributed by atoms with Gasteiger partial charge in [-0.25, -0.2) is 4.79 Å². The molecule has 2 saturated heterocycles. The number of nitrogens with zero attached hydrogens (tertiary/aromatic N) is 1. The van der Waals surface area contributed by atoms with Crippen LogP contribution in [0.4, 0.5) is 4.79 Å². The molecular formula is C20H23N3O3S. The lowest BCUT2D eigenvalue weighted by Gasteiger charge is -2.19. The lowest BCUT2D eigenvalue weighted by Crippen LogP contribution is -2.42. The van der Waals surface area contributed by atoms with Gasteiger partial charge in [-0.05, 0) is 23.8 Å². The highest BCUT2D eigenvalue weighted by atomic mass is 32.2. The minimum absolute atomic E-state index is 0.135. The molecule has 2 aromatic carbocycles. The molecule has 2 aliphatic heterocycles. The van der Waals surface area contributed by atoms with E-state index in [-0.39, 0.29) is 17.9 Å². The summed E-state index contributed by atoms with van der Waals surface area (Å²) in [6.45, 7) is 2.06. The number of benzene rings is 2. The summed E-state index contributed by atoms with van der Waals surface area (Å²) in [5.74, 6) is 2.77. The van der Waals surface area contributed by atoms with Crippen molar-refractivity contribution in [1.29, 1.82) is 0 Å². The van der Waals surface area contributed by atoms with Crippen LogP contribution < -0.4 is 15.4 Å². The molecule has 2 N–H and O–H groups in total. The van der Waals surface area contributed by atoms with Gasteiger partial charge < -0.3 is 20.3 Å². The van der Waals surface area contributed by atoms with Crippen LogP contribution in [0.15, 0.2) is 42.5 Å². The van der Waals surface area contributed by atoms with Gasteiger partial charge in [-0.1, -0.05) is 36.4 Å². The molecule has 0 bridgehead atoms. The molecule has 2 aliphatic rings. The summed E-state index contributed by atoms with van der Waals surface area (Å²) in [7, 11) is 0. The van der Waals surface area contributed by atoms with E-state index in [2.05, 4.69) is 10.6 Å². The van der Waals surface area contributed by atoms with Gasteiger partial charge in [-0.15, -0.1) is 11.8 Å². The molecule has 2 aromatic rings. The molecule has 2 fully saturated rings. The Hall–Kier alpha value is -2.25. The van der Waals surface area contributed by atoms with Crippen molar-refractivity contribution in [3.8, 4) is 5.75 Å². The summed E-state index contributed by atoms with van der Waals surface area (Å²) in [6, 6.07) is 13.3. The average molecular weight is 385 g/mol. The molecule has 0 radical (unpaired) electrons. The van der Waals surface area contributed by atoms with Crippen molar-refractivity contribution in [2.75, 3.05) is 31.3 Å². The summed E-state index contributed by atoms with van der Waals surface area (Å²) in [6.07, 6.45) is 0.284. The highest BCUT2D eigenvalue weighted by molar-refractivity contribution is 7.99. The Morgan fingerprint density at radius 2 is 2.07 bits per heavy atom. The zero-order chi connectivity index (χ0) is 18.6. The molecule has 0 unspecified atom stereocenters. The largest absolute Gasteiger partial charge is 0.412 e. The smallest absolute Gasteiger partial charge is 0.410 e. The minimum atomic E-state index is -0.461. The lowest BCUT2D eigenvalue weighted by molar-refractivity contribution is -0.131. The Bertz CT molecular complexity index is 833. The van der Waals surface area contributed by atoms with E-state index in [1.54, 1.807) is 17.8 Å². The number of hydrogen-bond donors (Lipinski definition) is 2. The summed E-state index contributed by atoms with van der Waals surface area (Å²) in [5, 5.41) is 8.07. The highest BCUT2D eigenvalue weighted by Crippen LogP contribution is 2.25. The van der Waals surface area contributed by atoms with E-state index in [0.717, 1.165) is 41.9 Å². The number of rotatable bonds is 4. The highest BCUT2D eigenvalue weighted by Gasteiger charge is 2.33. The first-order valence-corrected chi connectivity index (χ1v) is 10.4. The first kappa shape index (κ1) is 18.1. The van der Waals surface area contributed by atoms with Crippen molar-refractivity contribution in [1.82, 2.24) is 15.5 Å². The lowest BCUT2D eigenvalue weighted by atomic mass is 10.1. The van der Waals surface area contributed by atoms with Crippen LogP contribution in [-0.2, 0) is 4.79 Å². The Morgan fingerprint density at radius 3 is 2.93 bits per heavy atom. The van der Waals surface area contributed by atoms with Gasteiger partial charge in [0, 0.05) is 30.8 Å². The molecule has 0 saturated carbocycles. The third kappa shape index (κ3) is 4.20. The predicted octanol–water partition coefficient (Wildman–Crippen LogP) is 2.44. The first-order valence-electron chi connectivity index (χ1n) is 9.24. The van der Waals surface area contributed by atoms with Crippen molar-refractivity contribution in [3.05, 3.63) is 42.5 Å². The normalized spacial score (nSPS) is 22.1. The quantitative estimate of drug-likeness (QED) is 0.846. The van der Waals surface area contributed by atoms with Crippen LogP contribution in [0.5, 0.6) is 5.75 Å². The van der Waals surface area contributed by atoms with Crippen LogP contribution in [0, 0.1) is 5.92 Å². The van der Waals surface area contributed by atoms with Gasteiger partial charge in [-0.3, -0.25) is 4.79 Å². The van der Waals surface area contributed by atoms with Crippen LogP contribution in [-0.4, -0.2) is 54.2 Å². The second-order valence-electron chi connectivity index (χ2n) is 6.95. The Kier molecular flexibility index (Phi) is 5.50. The topological polar surface area (TPSA) is 70.7 Å². The number of carbonyl (C=O) groups is 2. The van der Waals surface area contributed by atoms with E-state index in [4.69, 9.17) is 4.74 Å². The molecule has 7 heteroatoms. The van der Waals surface area contributed by atoms with Gasteiger partial charge in [0.15, 0.2) is 0 Å². The monoisotopic (exact) mass is 385 g/mol. The van der Waals surface area contributed by atoms with Gasteiger partial charge in [-0.2, -0.15) is 0 Å². The zero-order valence-corrected chi connectivity index (χ0v) is 15.8. The van der Waals surface area contributed by atoms with Gasteiger partial charge in [0.1, 0.15) is 5.75 Å². The second-order valence-corrected chi connectivity index (χ2v) is 8.02. The van der Waals surface area contributed by atoms with E-state index in [1.807, 2.05) is 41.3 Å².